The van der Waals surface area contributed by atoms with Gasteiger partial charge >= 0.3 is 5.97 Å². The second-order valence-corrected chi connectivity index (χ2v) is 5.28. The van der Waals surface area contributed by atoms with Crippen LogP contribution in [0.3, 0.4) is 0 Å². The zero-order valence-corrected chi connectivity index (χ0v) is 12.4. The third-order valence-corrected chi connectivity index (χ3v) is 2.72. The van der Waals surface area contributed by atoms with E-state index in [1.165, 1.54) is 0 Å². The molecule has 1 N–H and O–H groups in total. The van der Waals surface area contributed by atoms with Gasteiger partial charge in [-0.1, -0.05) is 25.4 Å². The van der Waals surface area contributed by atoms with Crippen LogP contribution in [0.1, 0.15) is 32.4 Å². The maximum absolute atomic E-state index is 12.9. The van der Waals surface area contributed by atoms with Crippen LogP contribution in [0, 0.1) is 0 Å². The van der Waals surface area contributed by atoms with Crippen molar-refractivity contribution in [2.45, 2.75) is 39.2 Å². The third-order valence-electron chi connectivity index (χ3n) is 2.38. The van der Waals surface area contributed by atoms with Gasteiger partial charge in [0.05, 0.1) is 0 Å². The molecule has 0 spiro atoms. The molecule has 9 heteroatoms. The number of aliphatic carboxylic acids is 1. The van der Waals surface area contributed by atoms with Crippen molar-refractivity contribution < 1.29 is 23.4 Å². The number of carboxylic acid groups (broad SMARTS) is 1. The van der Waals surface area contributed by atoms with Crippen molar-refractivity contribution in [1.29, 1.82) is 0 Å². The average Bonchev–Trinajstić information content (AvgIpc) is 2.31. The summed E-state index contributed by atoms with van der Waals surface area (Å²) in [7, 11) is 0. The molecule has 0 bridgehead atoms. The highest BCUT2D eigenvalue weighted by molar-refractivity contribution is 6.31. The van der Waals surface area contributed by atoms with Crippen LogP contribution in [0.2, 0.25) is 5.02 Å². The summed E-state index contributed by atoms with van der Waals surface area (Å²) in [5.41, 5.74) is -0.761. The van der Waals surface area contributed by atoms with Gasteiger partial charge in [-0.25, -0.2) is 13.5 Å². The molecule has 21 heavy (non-hydrogen) atoms. The number of carbonyl (C=O) groups is 1. The molecule has 0 radical (unpaired) electrons. The van der Waals surface area contributed by atoms with Crippen molar-refractivity contribution in [1.82, 2.24) is 9.78 Å². The van der Waals surface area contributed by atoms with Crippen LogP contribution in [0.15, 0.2) is 4.79 Å². The molecule has 0 aliphatic carbocycles. The third kappa shape index (κ3) is 4.66. The molecule has 0 atom stereocenters. The fraction of sp³-hybridized carbons (Fsp3) is 0.583. The van der Waals surface area contributed by atoms with Crippen LogP contribution in [0.5, 0.6) is 5.75 Å². The Bertz CT molecular complexity index is 596. The second-order valence-electron chi connectivity index (χ2n) is 4.90. The topological polar surface area (TPSA) is 81.4 Å². The van der Waals surface area contributed by atoms with E-state index < -0.39 is 35.6 Å². The lowest BCUT2D eigenvalue weighted by atomic mass is 10.1. The molecule has 1 aromatic rings. The van der Waals surface area contributed by atoms with Crippen LogP contribution in [-0.4, -0.2) is 33.4 Å². The standard InChI is InChI=1S/C12H15ClF2N2O4/c1-6(2)9-10(21-5-12(3,14)15)8(13)11(20)17(16-9)4-7(18)19/h6H,4-5H2,1-3H3,(H,18,19). The SMILES string of the molecule is CC(C)c1nn(CC(=O)O)c(=O)c(Cl)c1OCC(C)(F)F. The van der Waals surface area contributed by atoms with Gasteiger partial charge in [0, 0.05) is 12.8 Å². The Morgan fingerprint density at radius 1 is 1.52 bits per heavy atom. The molecule has 0 saturated carbocycles. The normalized spacial score (nSPS) is 11.8. The largest absolute Gasteiger partial charge is 0.484 e. The summed E-state index contributed by atoms with van der Waals surface area (Å²) < 4.78 is 31.3. The van der Waals surface area contributed by atoms with E-state index in [-0.39, 0.29) is 17.4 Å². The van der Waals surface area contributed by atoms with E-state index in [0.29, 0.717) is 11.6 Å². The Morgan fingerprint density at radius 3 is 2.52 bits per heavy atom. The molecule has 0 aliphatic rings. The van der Waals surface area contributed by atoms with Gasteiger partial charge in [0.15, 0.2) is 17.4 Å². The van der Waals surface area contributed by atoms with E-state index in [2.05, 4.69) is 5.10 Å². The highest BCUT2D eigenvalue weighted by Gasteiger charge is 2.26. The first-order chi connectivity index (χ1) is 9.53. The molecule has 0 saturated heterocycles. The molecule has 0 aliphatic heterocycles. The first-order valence-corrected chi connectivity index (χ1v) is 6.43. The van der Waals surface area contributed by atoms with Gasteiger partial charge in [0.1, 0.15) is 12.2 Å². The van der Waals surface area contributed by atoms with Crippen LogP contribution in [0.4, 0.5) is 8.78 Å². The van der Waals surface area contributed by atoms with Gasteiger partial charge in [-0.3, -0.25) is 9.59 Å². The fourth-order valence-corrected chi connectivity index (χ4v) is 1.74. The van der Waals surface area contributed by atoms with Crippen LogP contribution in [-0.2, 0) is 11.3 Å². The van der Waals surface area contributed by atoms with E-state index in [1.807, 2.05) is 0 Å². The summed E-state index contributed by atoms with van der Waals surface area (Å²) in [6, 6.07) is 0. The van der Waals surface area contributed by atoms with Crippen molar-refractivity contribution >= 4 is 17.6 Å². The summed E-state index contributed by atoms with van der Waals surface area (Å²) in [5.74, 6) is -4.92. The first-order valence-electron chi connectivity index (χ1n) is 6.06. The summed E-state index contributed by atoms with van der Waals surface area (Å²) in [6.07, 6.45) is 0. The number of ether oxygens (including phenoxy) is 1. The fourth-order valence-electron chi connectivity index (χ4n) is 1.49. The zero-order chi connectivity index (χ0) is 16.4. The molecule has 0 amide bonds. The minimum absolute atomic E-state index is 0.144. The number of alkyl halides is 2. The summed E-state index contributed by atoms with van der Waals surface area (Å²) in [4.78, 5) is 22.5. The van der Waals surface area contributed by atoms with E-state index in [0.717, 1.165) is 0 Å². The lowest BCUT2D eigenvalue weighted by Crippen LogP contribution is -2.30. The van der Waals surface area contributed by atoms with Gasteiger partial charge in [-0.05, 0) is 0 Å². The summed E-state index contributed by atoms with van der Waals surface area (Å²) in [6.45, 7) is 2.39. The number of aromatic nitrogens is 2. The summed E-state index contributed by atoms with van der Waals surface area (Å²) >= 11 is 5.82. The van der Waals surface area contributed by atoms with Crippen molar-refractivity contribution in [2.75, 3.05) is 6.61 Å². The van der Waals surface area contributed by atoms with Crippen molar-refractivity contribution in [3.05, 3.63) is 21.1 Å². The molecular formula is C12H15ClF2N2O4. The predicted octanol–water partition coefficient (Wildman–Crippen LogP) is 2.14. The minimum Gasteiger partial charge on any atom is -0.484 e. The number of hydrogen-bond acceptors (Lipinski definition) is 4. The highest BCUT2D eigenvalue weighted by Crippen LogP contribution is 2.30. The van der Waals surface area contributed by atoms with Crippen LogP contribution < -0.4 is 10.3 Å². The van der Waals surface area contributed by atoms with E-state index in [9.17, 15) is 18.4 Å². The Balaban J connectivity index is 3.32. The number of hydrogen-bond donors (Lipinski definition) is 1. The van der Waals surface area contributed by atoms with Gasteiger partial charge in [-0.2, -0.15) is 5.10 Å². The lowest BCUT2D eigenvalue weighted by molar-refractivity contribution is -0.138. The lowest BCUT2D eigenvalue weighted by Gasteiger charge is -2.18. The van der Waals surface area contributed by atoms with E-state index in [4.69, 9.17) is 21.4 Å². The Kier molecular flexibility index (Phi) is 5.27. The van der Waals surface area contributed by atoms with Crippen molar-refractivity contribution in [3.8, 4) is 5.75 Å². The monoisotopic (exact) mass is 324 g/mol. The van der Waals surface area contributed by atoms with Crippen molar-refractivity contribution in [2.24, 2.45) is 0 Å². The average molecular weight is 325 g/mol. The Morgan fingerprint density at radius 2 is 2.10 bits per heavy atom. The molecule has 0 aromatic carbocycles. The van der Waals surface area contributed by atoms with E-state index in [1.54, 1.807) is 13.8 Å². The maximum Gasteiger partial charge on any atom is 0.325 e. The Hall–Kier alpha value is -1.70. The molecule has 118 valence electrons. The smallest absolute Gasteiger partial charge is 0.325 e. The highest BCUT2D eigenvalue weighted by atomic mass is 35.5. The second kappa shape index (κ2) is 6.38. The van der Waals surface area contributed by atoms with Crippen LogP contribution >= 0.6 is 11.6 Å². The van der Waals surface area contributed by atoms with Gasteiger partial charge in [0.2, 0.25) is 0 Å². The van der Waals surface area contributed by atoms with Gasteiger partial charge in [0.25, 0.3) is 11.5 Å². The number of halogens is 3. The van der Waals surface area contributed by atoms with Crippen LogP contribution in [0.25, 0.3) is 0 Å². The van der Waals surface area contributed by atoms with Crippen molar-refractivity contribution in [3.63, 3.8) is 0 Å². The number of carboxylic acids is 1. The zero-order valence-electron chi connectivity index (χ0n) is 11.7. The summed E-state index contributed by atoms with van der Waals surface area (Å²) in [5, 5.41) is 12.1. The molecule has 0 fully saturated rings. The maximum atomic E-state index is 12.9. The predicted molar refractivity (Wildman–Crippen MR) is 71.3 cm³/mol. The number of nitrogens with zero attached hydrogens (tertiary/aromatic N) is 2. The van der Waals surface area contributed by atoms with Gasteiger partial charge < -0.3 is 9.84 Å². The molecule has 1 rings (SSSR count). The Labute approximate surface area is 124 Å². The van der Waals surface area contributed by atoms with E-state index >= 15 is 0 Å². The molecule has 1 heterocycles. The minimum atomic E-state index is -3.10. The molecule has 6 nitrogen and oxygen atoms in total. The first kappa shape index (κ1) is 17.4. The quantitative estimate of drug-likeness (QED) is 0.867. The van der Waals surface area contributed by atoms with Gasteiger partial charge in [-0.15, -0.1) is 0 Å². The molecule has 0 unspecified atom stereocenters. The molecular weight excluding hydrogens is 310 g/mol. The molecule has 1 aromatic heterocycles. The number of rotatable bonds is 6.